The van der Waals surface area contributed by atoms with Gasteiger partial charge in [0.25, 0.3) is 0 Å². The van der Waals surface area contributed by atoms with Gasteiger partial charge in [-0.3, -0.25) is 0 Å². The molecule has 0 saturated carbocycles. The number of aliphatic hydroxyl groups is 3. The molecule has 0 aliphatic carbocycles. The molecule has 5 unspecified atom stereocenters. The van der Waals surface area contributed by atoms with E-state index in [1.807, 2.05) is 0 Å². The topological polar surface area (TPSA) is 108 Å². The molecule has 0 amide bonds. The first-order valence-corrected chi connectivity index (χ1v) is 6.58. The van der Waals surface area contributed by atoms with Gasteiger partial charge in [-0.1, -0.05) is 0 Å². The van der Waals surface area contributed by atoms with Gasteiger partial charge in [-0.05, 0) is 0 Å². The molecular formula is C12H22O7. The third kappa shape index (κ3) is 7.17. The van der Waals surface area contributed by atoms with E-state index in [1.54, 1.807) is 0 Å². The summed E-state index contributed by atoms with van der Waals surface area (Å²) in [6, 6.07) is 0. The predicted octanol–water partition coefficient (Wildman–Crippen LogP) is -1.71. The number of aliphatic hydroxyl groups excluding tert-OH is 3. The smallest absolute Gasteiger partial charge is 0.104 e. The fraction of sp³-hybridized carbons (Fsp3) is 1.00. The largest absolute Gasteiger partial charge is 0.394 e. The van der Waals surface area contributed by atoms with Crippen LogP contribution in [0.5, 0.6) is 0 Å². The van der Waals surface area contributed by atoms with E-state index < -0.39 is 18.8 Å². The Bertz CT molecular complexity index is 238. The lowest BCUT2D eigenvalue weighted by Crippen LogP contribution is -2.30. The number of hydrogen-bond acceptors (Lipinski definition) is 7. The van der Waals surface area contributed by atoms with Gasteiger partial charge in [0, 0.05) is 6.42 Å². The summed E-state index contributed by atoms with van der Waals surface area (Å²) in [5.74, 6) is 0. The second-order valence-corrected chi connectivity index (χ2v) is 4.96. The van der Waals surface area contributed by atoms with E-state index in [2.05, 4.69) is 0 Å². The van der Waals surface area contributed by atoms with Gasteiger partial charge in [0.05, 0.1) is 51.8 Å². The average Bonchev–Trinajstić information content (AvgIpc) is 3.26. The second kappa shape index (κ2) is 7.49. The molecule has 3 heterocycles. The highest BCUT2D eigenvalue weighted by Crippen LogP contribution is 2.16. The van der Waals surface area contributed by atoms with Crippen LogP contribution in [0.25, 0.3) is 0 Å². The summed E-state index contributed by atoms with van der Waals surface area (Å²) in [5, 5.41) is 26.3. The molecule has 112 valence electrons. The van der Waals surface area contributed by atoms with Crippen molar-refractivity contribution in [1.82, 2.24) is 0 Å². The van der Waals surface area contributed by atoms with Crippen molar-refractivity contribution in [3.63, 3.8) is 0 Å². The molecule has 7 nitrogen and oxygen atoms in total. The van der Waals surface area contributed by atoms with E-state index in [1.165, 1.54) is 0 Å². The first-order valence-electron chi connectivity index (χ1n) is 6.58. The number of epoxide rings is 3. The standard InChI is InChI=1S/C6H12O4.C6H10O3/c7-2-6(9)5(8)1-4-3-10-4;1(5-3-8-5)7-2-6-4-9-6/h4-9H,1-3H2;5-6H,1-4H2. The highest BCUT2D eigenvalue weighted by atomic mass is 16.6. The molecule has 3 N–H and O–H groups in total. The fourth-order valence-electron chi connectivity index (χ4n) is 1.41. The lowest BCUT2D eigenvalue weighted by Gasteiger charge is -2.13. The summed E-state index contributed by atoms with van der Waals surface area (Å²) in [6.45, 7) is 3.53. The molecule has 3 rings (SSSR count). The molecule has 0 radical (unpaired) electrons. The second-order valence-electron chi connectivity index (χ2n) is 4.96. The van der Waals surface area contributed by atoms with Crippen LogP contribution >= 0.6 is 0 Å². The molecule has 3 fully saturated rings. The zero-order valence-corrected chi connectivity index (χ0v) is 10.8. The summed E-state index contributed by atoms with van der Waals surface area (Å²) in [6.07, 6.45) is -0.577. The Kier molecular flexibility index (Phi) is 5.96. The van der Waals surface area contributed by atoms with Crippen LogP contribution in [-0.2, 0) is 18.9 Å². The van der Waals surface area contributed by atoms with Crippen molar-refractivity contribution < 1.29 is 34.3 Å². The maximum atomic E-state index is 9.04. The summed E-state index contributed by atoms with van der Waals surface area (Å²) >= 11 is 0. The first-order chi connectivity index (χ1) is 9.19. The Morgan fingerprint density at radius 1 is 0.895 bits per heavy atom. The maximum Gasteiger partial charge on any atom is 0.104 e. The van der Waals surface area contributed by atoms with Gasteiger partial charge in [0.1, 0.15) is 18.3 Å². The molecule has 0 aromatic heterocycles. The minimum Gasteiger partial charge on any atom is -0.394 e. The van der Waals surface area contributed by atoms with Crippen molar-refractivity contribution in [1.29, 1.82) is 0 Å². The Balaban J connectivity index is 0.000000141. The van der Waals surface area contributed by atoms with Gasteiger partial charge in [0.2, 0.25) is 0 Å². The lowest BCUT2D eigenvalue weighted by atomic mass is 10.1. The van der Waals surface area contributed by atoms with Crippen LogP contribution in [0.4, 0.5) is 0 Å². The van der Waals surface area contributed by atoms with E-state index >= 15 is 0 Å². The highest BCUT2D eigenvalue weighted by molar-refractivity contribution is 4.77. The van der Waals surface area contributed by atoms with Crippen molar-refractivity contribution in [2.75, 3.05) is 39.6 Å². The Hall–Kier alpha value is -0.280. The van der Waals surface area contributed by atoms with Crippen LogP contribution in [0.15, 0.2) is 0 Å². The van der Waals surface area contributed by atoms with Crippen LogP contribution in [0, 0.1) is 0 Å². The molecule has 3 aliphatic heterocycles. The molecule has 7 heteroatoms. The molecule has 3 saturated heterocycles. The van der Waals surface area contributed by atoms with Crippen LogP contribution in [0.3, 0.4) is 0 Å². The van der Waals surface area contributed by atoms with E-state index in [4.69, 9.17) is 34.3 Å². The van der Waals surface area contributed by atoms with Gasteiger partial charge >= 0.3 is 0 Å². The SMILES string of the molecule is C(OCC1CO1)C1CO1.OCC(O)C(O)CC1CO1. The van der Waals surface area contributed by atoms with Crippen molar-refractivity contribution >= 4 is 0 Å². The van der Waals surface area contributed by atoms with Gasteiger partial charge in [-0.15, -0.1) is 0 Å². The molecule has 0 spiro atoms. The van der Waals surface area contributed by atoms with Crippen LogP contribution in [0.2, 0.25) is 0 Å². The maximum absolute atomic E-state index is 9.04. The molecule has 0 aromatic carbocycles. The summed E-state index contributed by atoms with van der Waals surface area (Å²) in [7, 11) is 0. The summed E-state index contributed by atoms with van der Waals surface area (Å²) < 4.78 is 19.9. The van der Waals surface area contributed by atoms with E-state index in [0.29, 0.717) is 25.2 Å². The van der Waals surface area contributed by atoms with Gasteiger partial charge in [0.15, 0.2) is 0 Å². The number of rotatable bonds is 8. The molecule has 19 heavy (non-hydrogen) atoms. The zero-order chi connectivity index (χ0) is 13.7. The average molecular weight is 278 g/mol. The Morgan fingerprint density at radius 2 is 1.37 bits per heavy atom. The molecule has 0 aromatic rings. The first kappa shape index (κ1) is 15.1. The Morgan fingerprint density at radius 3 is 1.74 bits per heavy atom. The van der Waals surface area contributed by atoms with Crippen molar-refractivity contribution in [3.05, 3.63) is 0 Å². The normalized spacial score (nSPS) is 33.9. The van der Waals surface area contributed by atoms with Crippen molar-refractivity contribution in [3.8, 4) is 0 Å². The number of ether oxygens (including phenoxy) is 4. The monoisotopic (exact) mass is 278 g/mol. The van der Waals surface area contributed by atoms with Gasteiger partial charge in [-0.25, -0.2) is 0 Å². The molecule has 0 bridgehead atoms. The summed E-state index contributed by atoms with van der Waals surface area (Å²) in [4.78, 5) is 0. The minimum atomic E-state index is -1.02. The molecule has 5 atom stereocenters. The van der Waals surface area contributed by atoms with E-state index in [9.17, 15) is 0 Å². The molecular weight excluding hydrogens is 256 g/mol. The van der Waals surface area contributed by atoms with Crippen molar-refractivity contribution in [2.45, 2.75) is 36.9 Å². The third-order valence-electron chi connectivity index (χ3n) is 2.95. The third-order valence-corrected chi connectivity index (χ3v) is 2.95. The lowest BCUT2D eigenvalue weighted by molar-refractivity contribution is -0.0204. The van der Waals surface area contributed by atoms with Crippen LogP contribution < -0.4 is 0 Å². The number of hydrogen-bond donors (Lipinski definition) is 3. The molecule has 3 aliphatic rings. The summed E-state index contributed by atoms with van der Waals surface area (Å²) in [5.41, 5.74) is 0. The van der Waals surface area contributed by atoms with Crippen LogP contribution in [-0.4, -0.2) is 85.5 Å². The fourth-order valence-corrected chi connectivity index (χ4v) is 1.41. The quantitative estimate of drug-likeness (QED) is 0.454. The van der Waals surface area contributed by atoms with Crippen LogP contribution in [0.1, 0.15) is 6.42 Å². The Labute approximate surface area is 112 Å². The van der Waals surface area contributed by atoms with Crippen molar-refractivity contribution in [2.24, 2.45) is 0 Å². The zero-order valence-electron chi connectivity index (χ0n) is 10.8. The minimum absolute atomic E-state index is 0.0937. The predicted molar refractivity (Wildman–Crippen MR) is 63.8 cm³/mol. The van der Waals surface area contributed by atoms with E-state index in [-0.39, 0.29) is 6.10 Å². The highest BCUT2D eigenvalue weighted by Gasteiger charge is 2.28. The van der Waals surface area contributed by atoms with Gasteiger partial charge < -0.3 is 34.3 Å². The van der Waals surface area contributed by atoms with Gasteiger partial charge in [-0.2, -0.15) is 0 Å². The van der Waals surface area contributed by atoms with E-state index in [0.717, 1.165) is 26.4 Å².